The quantitative estimate of drug-likeness (QED) is 0.714. The number of benzene rings is 1. The third-order valence-corrected chi connectivity index (χ3v) is 2.66. The molecule has 0 aliphatic heterocycles. The molecule has 0 aliphatic rings. The van der Waals surface area contributed by atoms with E-state index in [0.29, 0.717) is 6.54 Å². The van der Waals surface area contributed by atoms with Crippen LogP contribution in [0.2, 0.25) is 0 Å². The predicted molar refractivity (Wildman–Crippen MR) is 55.8 cm³/mol. The molecule has 0 aliphatic carbocycles. The van der Waals surface area contributed by atoms with Crippen LogP contribution in [0.3, 0.4) is 0 Å². The fourth-order valence-electron chi connectivity index (χ4n) is 1.27. The van der Waals surface area contributed by atoms with Crippen molar-refractivity contribution in [1.29, 1.82) is 0 Å². The van der Waals surface area contributed by atoms with E-state index in [9.17, 15) is 0 Å². The Bertz CT molecular complexity index is 420. The molecule has 3 N–H and O–H groups in total. The summed E-state index contributed by atoms with van der Waals surface area (Å²) >= 11 is 1.72. The van der Waals surface area contributed by atoms with Crippen molar-refractivity contribution in [2.75, 3.05) is 6.26 Å². The topological polar surface area (TPSA) is 54.7 Å². The minimum absolute atomic E-state index is 0.462. The van der Waals surface area contributed by atoms with Crippen molar-refractivity contribution in [3.63, 3.8) is 0 Å². The molecule has 0 bridgehead atoms. The number of hydrogen-bond donors (Lipinski definition) is 2. The van der Waals surface area contributed by atoms with E-state index in [1.807, 2.05) is 6.07 Å². The van der Waals surface area contributed by atoms with E-state index in [0.717, 1.165) is 16.9 Å². The van der Waals surface area contributed by atoms with Gasteiger partial charge in [-0.15, -0.1) is 11.8 Å². The predicted octanol–water partition coefficient (Wildman–Crippen LogP) is 1.74. The van der Waals surface area contributed by atoms with Gasteiger partial charge in [-0.25, -0.2) is 4.98 Å². The van der Waals surface area contributed by atoms with Gasteiger partial charge >= 0.3 is 0 Å². The molecule has 0 radical (unpaired) electrons. The molecule has 0 saturated heterocycles. The molecular weight excluding hydrogens is 182 g/mol. The first-order valence-electron chi connectivity index (χ1n) is 4.06. The third kappa shape index (κ3) is 1.55. The average Bonchev–Trinajstić information content (AvgIpc) is 2.58. The zero-order valence-corrected chi connectivity index (χ0v) is 8.19. The minimum Gasteiger partial charge on any atom is -0.341 e. The van der Waals surface area contributed by atoms with Crippen LogP contribution in [0.1, 0.15) is 5.82 Å². The second-order valence-corrected chi connectivity index (χ2v) is 3.65. The number of thioether (sulfide) groups is 1. The molecule has 0 saturated carbocycles. The van der Waals surface area contributed by atoms with Crippen molar-refractivity contribution in [3.8, 4) is 0 Å². The average molecular weight is 193 g/mol. The molecule has 0 spiro atoms. The van der Waals surface area contributed by atoms with Gasteiger partial charge in [0.05, 0.1) is 17.6 Å². The number of nitrogens with one attached hydrogen (secondary N) is 1. The molecule has 1 aromatic carbocycles. The lowest BCUT2D eigenvalue weighted by molar-refractivity contribution is 0.958. The van der Waals surface area contributed by atoms with E-state index in [1.165, 1.54) is 4.90 Å². The Balaban J connectivity index is 2.57. The van der Waals surface area contributed by atoms with Crippen LogP contribution in [0, 0.1) is 0 Å². The molecule has 0 fully saturated rings. The van der Waals surface area contributed by atoms with E-state index in [-0.39, 0.29) is 0 Å². The zero-order valence-electron chi connectivity index (χ0n) is 7.37. The van der Waals surface area contributed by atoms with Crippen molar-refractivity contribution in [3.05, 3.63) is 24.0 Å². The van der Waals surface area contributed by atoms with Crippen LogP contribution < -0.4 is 5.73 Å². The van der Waals surface area contributed by atoms with Gasteiger partial charge in [0.1, 0.15) is 5.82 Å². The van der Waals surface area contributed by atoms with Crippen molar-refractivity contribution in [2.24, 2.45) is 5.73 Å². The lowest BCUT2D eigenvalue weighted by Gasteiger charge is -1.93. The lowest BCUT2D eigenvalue weighted by Crippen LogP contribution is -1.97. The summed E-state index contributed by atoms with van der Waals surface area (Å²) in [6.45, 7) is 0.462. The van der Waals surface area contributed by atoms with Crippen molar-refractivity contribution < 1.29 is 0 Å². The molecule has 3 nitrogen and oxygen atoms in total. The molecule has 0 atom stereocenters. The fourth-order valence-corrected chi connectivity index (χ4v) is 1.71. The molecule has 0 amide bonds. The Kier molecular flexibility index (Phi) is 2.24. The van der Waals surface area contributed by atoms with Crippen LogP contribution in [0.5, 0.6) is 0 Å². The SMILES string of the molecule is CSc1ccc2nc(CN)[nH]c2c1. The van der Waals surface area contributed by atoms with Gasteiger partial charge in [0, 0.05) is 4.90 Å². The van der Waals surface area contributed by atoms with E-state index in [4.69, 9.17) is 5.73 Å². The summed E-state index contributed by atoms with van der Waals surface area (Å²) in [5.74, 6) is 0.841. The Morgan fingerprint density at radius 3 is 3.08 bits per heavy atom. The number of fused-ring (bicyclic) bond motifs is 1. The first-order chi connectivity index (χ1) is 6.33. The molecule has 1 heterocycles. The molecule has 2 aromatic rings. The van der Waals surface area contributed by atoms with E-state index in [2.05, 4.69) is 28.4 Å². The van der Waals surface area contributed by atoms with Crippen LogP contribution in [-0.4, -0.2) is 16.2 Å². The monoisotopic (exact) mass is 193 g/mol. The fraction of sp³-hybridized carbons (Fsp3) is 0.222. The number of imidazole rings is 1. The Hall–Kier alpha value is -1.00. The van der Waals surface area contributed by atoms with Gasteiger partial charge in [-0.1, -0.05) is 0 Å². The van der Waals surface area contributed by atoms with Crippen molar-refractivity contribution in [1.82, 2.24) is 9.97 Å². The Morgan fingerprint density at radius 2 is 2.38 bits per heavy atom. The standard InChI is InChI=1S/C9H11N3S/c1-13-6-2-3-7-8(4-6)12-9(5-10)11-7/h2-4H,5,10H2,1H3,(H,11,12). The maximum Gasteiger partial charge on any atom is 0.121 e. The summed E-state index contributed by atoms with van der Waals surface area (Å²) in [6.07, 6.45) is 2.06. The Labute approximate surface area is 80.7 Å². The zero-order chi connectivity index (χ0) is 9.26. The molecule has 0 unspecified atom stereocenters. The number of nitrogens with zero attached hydrogens (tertiary/aromatic N) is 1. The second-order valence-electron chi connectivity index (χ2n) is 2.77. The van der Waals surface area contributed by atoms with E-state index >= 15 is 0 Å². The van der Waals surface area contributed by atoms with Crippen molar-refractivity contribution >= 4 is 22.8 Å². The summed E-state index contributed by atoms with van der Waals surface area (Å²) in [5, 5.41) is 0. The van der Waals surface area contributed by atoms with Crippen molar-refractivity contribution in [2.45, 2.75) is 11.4 Å². The van der Waals surface area contributed by atoms with Gasteiger partial charge in [-0.05, 0) is 24.5 Å². The normalized spacial score (nSPS) is 10.9. The van der Waals surface area contributed by atoms with Gasteiger partial charge < -0.3 is 10.7 Å². The number of hydrogen-bond acceptors (Lipinski definition) is 3. The highest BCUT2D eigenvalue weighted by Gasteiger charge is 2.01. The maximum atomic E-state index is 5.49. The van der Waals surface area contributed by atoms with Gasteiger partial charge in [-0.3, -0.25) is 0 Å². The summed E-state index contributed by atoms with van der Waals surface area (Å²) in [4.78, 5) is 8.72. The molecule has 2 rings (SSSR count). The third-order valence-electron chi connectivity index (χ3n) is 1.93. The largest absolute Gasteiger partial charge is 0.341 e. The van der Waals surface area contributed by atoms with Crippen LogP contribution in [-0.2, 0) is 6.54 Å². The molecular formula is C9H11N3S. The van der Waals surface area contributed by atoms with Gasteiger partial charge in [0.2, 0.25) is 0 Å². The summed E-state index contributed by atoms with van der Waals surface area (Å²) in [5.41, 5.74) is 7.53. The second kappa shape index (κ2) is 3.40. The van der Waals surface area contributed by atoms with Crippen LogP contribution >= 0.6 is 11.8 Å². The summed E-state index contributed by atoms with van der Waals surface area (Å²) in [6, 6.07) is 6.16. The van der Waals surface area contributed by atoms with Gasteiger partial charge in [-0.2, -0.15) is 0 Å². The number of aromatic amines is 1. The first kappa shape index (κ1) is 8.59. The number of H-pyrrole nitrogens is 1. The number of aromatic nitrogens is 2. The van der Waals surface area contributed by atoms with Gasteiger partial charge in [0.25, 0.3) is 0 Å². The van der Waals surface area contributed by atoms with Crippen LogP contribution in [0.4, 0.5) is 0 Å². The lowest BCUT2D eigenvalue weighted by atomic mass is 10.3. The van der Waals surface area contributed by atoms with Gasteiger partial charge in [0.15, 0.2) is 0 Å². The number of nitrogens with two attached hydrogens (primary N) is 1. The highest BCUT2D eigenvalue weighted by Crippen LogP contribution is 2.19. The smallest absolute Gasteiger partial charge is 0.121 e. The maximum absolute atomic E-state index is 5.49. The minimum atomic E-state index is 0.462. The van der Waals surface area contributed by atoms with E-state index < -0.39 is 0 Å². The highest BCUT2D eigenvalue weighted by atomic mass is 32.2. The van der Waals surface area contributed by atoms with E-state index in [1.54, 1.807) is 11.8 Å². The molecule has 68 valence electrons. The van der Waals surface area contributed by atoms with Crippen LogP contribution in [0.15, 0.2) is 23.1 Å². The molecule has 1 aromatic heterocycles. The molecule has 4 heteroatoms. The Morgan fingerprint density at radius 1 is 1.54 bits per heavy atom. The van der Waals surface area contributed by atoms with Crippen LogP contribution in [0.25, 0.3) is 11.0 Å². The number of rotatable bonds is 2. The first-order valence-corrected chi connectivity index (χ1v) is 5.28. The summed E-state index contributed by atoms with van der Waals surface area (Å²) < 4.78 is 0. The molecule has 13 heavy (non-hydrogen) atoms. The highest BCUT2D eigenvalue weighted by molar-refractivity contribution is 7.98. The summed E-state index contributed by atoms with van der Waals surface area (Å²) in [7, 11) is 0.